The molecule has 1 unspecified atom stereocenters. The summed E-state index contributed by atoms with van der Waals surface area (Å²) in [4.78, 5) is 29.5. The van der Waals surface area contributed by atoms with Crippen molar-refractivity contribution in [2.45, 2.75) is 82.3 Å². The summed E-state index contributed by atoms with van der Waals surface area (Å²) >= 11 is 1.68. The molecule has 0 heterocycles. The van der Waals surface area contributed by atoms with E-state index in [0.717, 1.165) is 23.3 Å². The fourth-order valence-electron chi connectivity index (χ4n) is 4.27. The van der Waals surface area contributed by atoms with Gasteiger partial charge in [0, 0.05) is 29.7 Å². The number of nitrogens with one attached hydrogen (secondary N) is 1. The Morgan fingerprint density at radius 1 is 1.03 bits per heavy atom. The lowest BCUT2D eigenvalue weighted by Gasteiger charge is -2.33. The minimum atomic E-state index is -0.438. The zero-order valence-corrected chi connectivity index (χ0v) is 20.2. The van der Waals surface area contributed by atoms with Gasteiger partial charge in [0.25, 0.3) is 0 Å². The van der Waals surface area contributed by atoms with Crippen LogP contribution in [0.2, 0.25) is 0 Å². The predicted octanol–water partition coefficient (Wildman–Crippen LogP) is 5.73. The van der Waals surface area contributed by atoms with Gasteiger partial charge in [-0.05, 0) is 43.9 Å². The van der Waals surface area contributed by atoms with E-state index < -0.39 is 6.04 Å². The molecule has 3 rings (SSSR count). The maximum atomic E-state index is 13.3. The molecular formula is C27H36N2O2S. The number of aryl methyl sites for hydroxylation is 1. The first kappa shape index (κ1) is 24.4. The fourth-order valence-corrected chi connectivity index (χ4v) is 5.13. The quantitative estimate of drug-likeness (QED) is 0.468. The van der Waals surface area contributed by atoms with Crippen LogP contribution in [0.1, 0.15) is 63.0 Å². The number of hydrogen-bond acceptors (Lipinski definition) is 3. The molecule has 5 heteroatoms. The molecule has 2 aromatic rings. The Bertz CT molecular complexity index is 848. The van der Waals surface area contributed by atoms with Gasteiger partial charge >= 0.3 is 0 Å². The van der Waals surface area contributed by atoms with Gasteiger partial charge in [0.2, 0.25) is 11.8 Å². The zero-order chi connectivity index (χ0) is 22.8. The minimum Gasteiger partial charge on any atom is -0.352 e. The summed E-state index contributed by atoms with van der Waals surface area (Å²) < 4.78 is 0. The van der Waals surface area contributed by atoms with Crippen molar-refractivity contribution in [2.75, 3.05) is 5.75 Å². The molecule has 2 aromatic carbocycles. The second-order valence-electron chi connectivity index (χ2n) is 8.69. The maximum Gasteiger partial charge on any atom is 0.243 e. The Hall–Kier alpha value is -2.27. The summed E-state index contributed by atoms with van der Waals surface area (Å²) in [6.07, 6.45) is 6.71. The second-order valence-corrected chi connectivity index (χ2v) is 9.85. The van der Waals surface area contributed by atoms with Gasteiger partial charge in [-0.15, -0.1) is 11.8 Å². The molecule has 0 saturated heterocycles. The van der Waals surface area contributed by atoms with Crippen LogP contribution in [0.25, 0.3) is 0 Å². The molecule has 1 saturated carbocycles. The third-order valence-corrected chi connectivity index (χ3v) is 7.15. The molecule has 1 aliphatic rings. The second kappa shape index (κ2) is 12.7. The van der Waals surface area contributed by atoms with E-state index >= 15 is 0 Å². The summed E-state index contributed by atoms with van der Waals surface area (Å²) in [7, 11) is 0. The highest BCUT2D eigenvalue weighted by molar-refractivity contribution is 7.99. The molecule has 1 N–H and O–H groups in total. The molecule has 0 radical (unpaired) electrons. The molecule has 1 atom stereocenters. The molecule has 0 aromatic heterocycles. The van der Waals surface area contributed by atoms with Crippen LogP contribution in [-0.2, 0) is 16.1 Å². The van der Waals surface area contributed by atoms with E-state index in [9.17, 15) is 9.59 Å². The largest absolute Gasteiger partial charge is 0.352 e. The van der Waals surface area contributed by atoms with Crippen molar-refractivity contribution in [2.24, 2.45) is 0 Å². The van der Waals surface area contributed by atoms with Gasteiger partial charge in [-0.25, -0.2) is 0 Å². The summed E-state index contributed by atoms with van der Waals surface area (Å²) in [5, 5.41) is 3.24. The number of nitrogens with zero attached hydrogens (tertiary/aromatic N) is 1. The first-order chi connectivity index (χ1) is 15.6. The van der Waals surface area contributed by atoms with Crippen molar-refractivity contribution in [3.8, 4) is 0 Å². The van der Waals surface area contributed by atoms with E-state index in [0.29, 0.717) is 25.1 Å². The Labute approximate surface area is 197 Å². The Morgan fingerprint density at radius 3 is 2.38 bits per heavy atom. The highest BCUT2D eigenvalue weighted by atomic mass is 32.2. The summed E-state index contributed by atoms with van der Waals surface area (Å²) in [6, 6.07) is 18.2. The van der Waals surface area contributed by atoms with Crippen LogP contribution in [0.15, 0.2) is 59.5 Å². The number of thioether (sulfide) groups is 1. The third kappa shape index (κ3) is 7.40. The maximum absolute atomic E-state index is 13.3. The normalized spacial score (nSPS) is 15.2. The van der Waals surface area contributed by atoms with Crippen molar-refractivity contribution >= 4 is 23.6 Å². The number of rotatable bonds is 10. The van der Waals surface area contributed by atoms with Crippen molar-refractivity contribution < 1.29 is 9.59 Å². The monoisotopic (exact) mass is 452 g/mol. The van der Waals surface area contributed by atoms with E-state index in [1.54, 1.807) is 16.7 Å². The average Bonchev–Trinajstić information content (AvgIpc) is 2.81. The number of carbonyl (C=O) groups is 2. The summed E-state index contributed by atoms with van der Waals surface area (Å²) in [5.41, 5.74) is 2.25. The van der Waals surface area contributed by atoms with E-state index in [2.05, 4.69) is 48.6 Å². The Balaban J connectivity index is 1.69. The summed E-state index contributed by atoms with van der Waals surface area (Å²) in [5.74, 6) is 0.740. The molecule has 172 valence electrons. The van der Waals surface area contributed by atoms with Crippen molar-refractivity contribution in [3.63, 3.8) is 0 Å². The van der Waals surface area contributed by atoms with Crippen LogP contribution in [0, 0.1) is 6.92 Å². The Kier molecular flexibility index (Phi) is 9.66. The van der Waals surface area contributed by atoms with Crippen LogP contribution in [0.4, 0.5) is 0 Å². The molecule has 0 aliphatic heterocycles. The topological polar surface area (TPSA) is 49.4 Å². The van der Waals surface area contributed by atoms with Gasteiger partial charge in [0.05, 0.1) is 0 Å². The van der Waals surface area contributed by atoms with Gasteiger partial charge in [-0.2, -0.15) is 0 Å². The van der Waals surface area contributed by atoms with Crippen LogP contribution in [0.3, 0.4) is 0 Å². The van der Waals surface area contributed by atoms with Crippen LogP contribution >= 0.6 is 11.8 Å². The molecule has 2 amide bonds. The predicted molar refractivity (Wildman–Crippen MR) is 133 cm³/mol. The molecule has 4 nitrogen and oxygen atoms in total. The Morgan fingerprint density at radius 2 is 1.72 bits per heavy atom. The van der Waals surface area contributed by atoms with Crippen LogP contribution < -0.4 is 5.32 Å². The van der Waals surface area contributed by atoms with E-state index in [1.165, 1.54) is 24.8 Å². The third-order valence-electron chi connectivity index (χ3n) is 6.14. The summed E-state index contributed by atoms with van der Waals surface area (Å²) in [6.45, 7) is 4.52. The SMILES string of the molecule is CCC(C(=O)NC1CCCCC1)N(Cc1ccc(C)cc1)C(=O)CCSc1ccccc1. The number of amides is 2. The highest BCUT2D eigenvalue weighted by Crippen LogP contribution is 2.21. The molecule has 1 aliphatic carbocycles. The number of carbonyl (C=O) groups excluding carboxylic acids is 2. The van der Waals surface area contributed by atoms with Crippen molar-refractivity contribution in [1.82, 2.24) is 10.2 Å². The average molecular weight is 453 g/mol. The lowest BCUT2D eigenvalue weighted by molar-refractivity contribution is -0.141. The van der Waals surface area contributed by atoms with E-state index in [4.69, 9.17) is 0 Å². The number of benzene rings is 2. The van der Waals surface area contributed by atoms with Gasteiger partial charge in [-0.3, -0.25) is 9.59 Å². The van der Waals surface area contributed by atoms with Gasteiger partial charge in [0.1, 0.15) is 6.04 Å². The van der Waals surface area contributed by atoms with E-state index in [-0.39, 0.29) is 17.9 Å². The lowest BCUT2D eigenvalue weighted by atomic mass is 9.95. The van der Waals surface area contributed by atoms with Gasteiger partial charge in [-0.1, -0.05) is 74.2 Å². The standard InChI is InChI=1S/C27H36N2O2S/c1-3-25(27(31)28-23-10-6-4-7-11-23)29(20-22-16-14-21(2)15-17-22)26(30)18-19-32-24-12-8-5-9-13-24/h5,8-9,12-17,23,25H,3-4,6-7,10-11,18-20H2,1-2H3,(H,28,31). The smallest absolute Gasteiger partial charge is 0.243 e. The molecule has 1 fully saturated rings. The molecule has 0 bridgehead atoms. The number of hydrogen-bond donors (Lipinski definition) is 1. The lowest BCUT2D eigenvalue weighted by Crippen LogP contribution is -2.51. The first-order valence-electron chi connectivity index (χ1n) is 11.9. The first-order valence-corrected chi connectivity index (χ1v) is 12.9. The van der Waals surface area contributed by atoms with E-state index in [1.807, 2.05) is 25.1 Å². The molecular weight excluding hydrogens is 416 g/mol. The van der Waals surface area contributed by atoms with Crippen molar-refractivity contribution in [1.29, 1.82) is 0 Å². The van der Waals surface area contributed by atoms with Gasteiger partial charge < -0.3 is 10.2 Å². The molecule has 32 heavy (non-hydrogen) atoms. The highest BCUT2D eigenvalue weighted by Gasteiger charge is 2.30. The van der Waals surface area contributed by atoms with Crippen molar-refractivity contribution in [3.05, 3.63) is 65.7 Å². The molecule has 0 spiro atoms. The fraction of sp³-hybridized carbons (Fsp3) is 0.481. The minimum absolute atomic E-state index is 0.00410. The van der Waals surface area contributed by atoms with Crippen LogP contribution in [0.5, 0.6) is 0 Å². The zero-order valence-electron chi connectivity index (χ0n) is 19.4. The van der Waals surface area contributed by atoms with Crippen LogP contribution in [-0.4, -0.2) is 34.6 Å². The van der Waals surface area contributed by atoms with Gasteiger partial charge in [0.15, 0.2) is 0 Å².